The zero-order valence-corrected chi connectivity index (χ0v) is 34.0. The molecule has 0 aliphatic carbocycles. The summed E-state index contributed by atoms with van der Waals surface area (Å²) in [7, 11) is 2.56. The van der Waals surface area contributed by atoms with Crippen molar-refractivity contribution in [3.63, 3.8) is 0 Å². The van der Waals surface area contributed by atoms with E-state index in [-0.39, 0.29) is 29.7 Å². The second-order valence-corrected chi connectivity index (χ2v) is 15.3. The van der Waals surface area contributed by atoms with Crippen LogP contribution in [0.4, 0.5) is 9.59 Å². The molecule has 4 aromatic rings. The number of unbranched alkanes of at least 4 members (excludes halogenated alkanes) is 2. The third-order valence-corrected chi connectivity index (χ3v) is 10.5. The van der Waals surface area contributed by atoms with E-state index in [1.54, 1.807) is 6.20 Å². The number of H-pyrrole nitrogens is 2. The van der Waals surface area contributed by atoms with Crippen LogP contribution >= 0.6 is 0 Å². The first kappa shape index (κ1) is 41.6. The number of hydrogen-bond donors (Lipinski definition) is 5. The lowest BCUT2D eigenvalue weighted by Gasteiger charge is -2.37. The van der Waals surface area contributed by atoms with E-state index in [2.05, 4.69) is 35.6 Å². The molecule has 0 bridgehead atoms. The standard InChI is InChI=1S/C42H54N8O8/c1-24(2)36(48-41(53)55-5)39(51)43-18-10-7-8-13-35-44-22-28(46-35)26-14-16-31-33(20-26)57-32-17-15-27(21-34(32)58-31)29-23-45-38(47-29)30-12-9-11-19-50(30)40(52)37(25(3)4)49-42(54)56-6/h14-17,20-25,30,36-37H,7-13,18-19H2,1-6H3,(H,43,51)(H,44,46)(H,45,47)(H,48,53)(H,49,54)/t30-,36-,37-/m0/s1. The third kappa shape index (κ3) is 9.90. The fourth-order valence-corrected chi connectivity index (χ4v) is 7.20. The molecule has 0 radical (unpaired) electrons. The Labute approximate surface area is 338 Å². The number of likely N-dealkylation sites (tertiary alicyclic amines) is 1. The number of ether oxygens (including phenoxy) is 4. The highest BCUT2D eigenvalue weighted by molar-refractivity contribution is 5.87. The highest BCUT2D eigenvalue weighted by atomic mass is 16.6. The number of imidazole rings is 2. The van der Waals surface area contributed by atoms with Crippen molar-refractivity contribution in [3.8, 4) is 45.5 Å². The van der Waals surface area contributed by atoms with Crippen molar-refractivity contribution >= 4 is 24.0 Å². The first-order valence-electron chi connectivity index (χ1n) is 20.0. The molecule has 1 fully saturated rings. The molecule has 4 amide bonds. The summed E-state index contributed by atoms with van der Waals surface area (Å²) < 4.78 is 22.0. The van der Waals surface area contributed by atoms with E-state index >= 15 is 0 Å². The molecule has 16 nitrogen and oxygen atoms in total. The monoisotopic (exact) mass is 798 g/mol. The topological polar surface area (TPSA) is 202 Å². The van der Waals surface area contributed by atoms with Crippen molar-refractivity contribution in [1.29, 1.82) is 0 Å². The summed E-state index contributed by atoms with van der Waals surface area (Å²) in [4.78, 5) is 67.8. The minimum atomic E-state index is -0.712. The molecule has 2 aromatic carbocycles. The normalized spacial score (nSPS) is 15.7. The smallest absolute Gasteiger partial charge is 0.407 e. The van der Waals surface area contributed by atoms with Gasteiger partial charge in [-0.1, -0.05) is 34.1 Å². The molecule has 2 aliphatic rings. The zero-order valence-electron chi connectivity index (χ0n) is 34.0. The van der Waals surface area contributed by atoms with Gasteiger partial charge < -0.3 is 49.8 Å². The van der Waals surface area contributed by atoms with Crippen LogP contribution in [0, 0.1) is 11.8 Å². The zero-order chi connectivity index (χ0) is 41.3. The molecule has 3 atom stereocenters. The summed E-state index contributed by atoms with van der Waals surface area (Å²) in [5.41, 5.74) is 3.40. The van der Waals surface area contributed by atoms with Gasteiger partial charge in [0.25, 0.3) is 0 Å². The van der Waals surface area contributed by atoms with E-state index in [9.17, 15) is 19.2 Å². The highest BCUT2D eigenvalue weighted by Crippen LogP contribution is 2.47. The van der Waals surface area contributed by atoms with Crippen molar-refractivity contribution < 1.29 is 38.1 Å². The van der Waals surface area contributed by atoms with E-state index in [0.717, 1.165) is 73.3 Å². The number of alkyl carbamates (subject to hydrolysis) is 2. The number of aryl methyl sites for hydroxylation is 1. The molecular weight excluding hydrogens is 745 g/mol. The number of nitrogens with one attached hydrogen (secondary N) is 5. The Balaban J connectivity index is 1.03. The minimum Gasteiger partial charge on any atom is -0.453 e. The molecule has 0 saturated carbocycles. The number of piperidine rings is 1. The fourth-order valence-electron chi connectivity index (χ4n) is 7.20. The van der Waals surface area contributed by atoms with Gasteiger partial charge in [-0.05, 0) is 80.3 Å². The maximum Gasteiger partial charge on any atom is 0.407 e. The van der Waals surface area contributed by atoms with Crippen molar-refractivity contribution in [2.45, 2.75) is 90.8 Å². The Kier molecular flexibility index (Phi) is 13.6. The molecule has 5 N–H and O–H groups in total. The lowest BCUT2D eigenvalue weighted by Crippen LogP contribution is -2.53. The number of hydrogen-bond acceptors (Lipinski definition) is 10. The molecule has 58 heavy (non-hydrogen) atoms. The quantitative estimate of drug-likeness (QED) is 0.0686. The molecule has 0 spiro atoms. The van der Waals surface area contributed by atoms with Crippen LogP contribution in [0.5, 0.6) is 23.0 Å². The van der Waals surface area contributed by atoms with E-state index in [4.69, 9.17) is 19.2 Å². The molecule has 2 aromatic heterocycles. The maximum absolute atomic E-state index is 13.7. The molecule has 310 valence electrons. The number of nitrogens with zero attached hydrogens (tertiary/aromatic N) is 3. The largest absolute Gasteiger partial charge is 0.453 e. The number of carbonyl (C=O) groups is 4. The minimum absolute atomic E-state index is 0.0703. The highest BCUT2D eigenvalue weighted by Gasteiger charge is 2.36. The molecule has 16 heteroatoms. The fraction of sp³-hybridized carbons (Fsp3) is 0.476. The van der Waals surface area contributed by atoms with E-state index < -0.39 is 24.3 Å². The van der Waals surface area contributed by atoms with Crippen molar-refractivity contribution in [3.05, 3.63) is 60.4 Å². The van der Waals surface area contributed by atoms with Gasteiger partial charge in [-0.15, -0.1) is 0 Å². The second kappa shape index (κ2) is 18.9. The predicted octanol–water partition coefficient (Wildman–Crippen LogP) is 7.01. The molecule has 4 heterocycles. The first-order valence-corrected chi connectivity index (χ1v) is 20.0. The third-order valence-electron chi connectivity index (χ3n) is 10.5. The van der Waals surface area contributed by atoms with Gasteiger partial charge in [-0.25, -0.2) is 19.6 Å². The Morgan fingerprint density at radius 2 is 1.38 bits per heavy atom. The lowest BCUT2D eigenvalue weighted by molar-refractivity contribution is -0.138. The summed E-state index contributed by atoms with van der Waals surface area (Å²) >= 11 is 0. The summed E-state index contributed by atoms with van der Waals surface area (Å²) in [6.45, 7) is 8.62. The average Bonchev–Trinajstić information content (AvgIpc) is 3.92. The van der Waals surface area contributed by atoms with Crippen LogP contribution in [0.3, 0.4) is 0 Å². The SMILES string of the molecule is COC(=O)N[C@H](C(=O)NCCCCCc1ncc(-c2ccc3c(c2)Oc2ccc(-c4cnc([C@@H]5CCCCN5C(=O)[C@@H](NC(=O)OC)C(C)C)[nH]4)cc2O3)[nH]1)C(C)C. The van der Waals surface area contributed by atoms with Gasteiger partial charge in [-0.3, -0.25) is 9.59 Å². The number of rotatable bonds is 15. The van der Waals surface area contributed by atoms with Gasteiger partial charge in [-0.2, -0.15) is 0 Å². The maximum atomic E-state index is 13.7. The Bertz CT molecular complexity index is 2080. The van der Waals surface area contributed by atoms with E-state index in [0.29, 0.717) is 41.9 Å². The summed E-state index contributed by atoms with van der Waals surface area (Å²) in [6, 6.07) is 9.85. The first-order chi connectivity index (χ1) is 27.9. The summed E-state index contributed by atoms with van der Waals surface area (Å²) in [6.07, 6.45) is 8.25. The van der Waals surface area contributed by atoms with Crippen LogP contribution < -0.4 is 25.4 Å². The Morgan fingerprint density at radius 3 is 2.00 bits per heavy atom. The Hall–Kier alpha value is -6.06. The van der Waals surface area contributed by atoms with Crippen molar-refractivity contribution in [2.75, 3.05) is 27.3 Å². The van der Waals surface area contributed by atoms with Gasteiger partial charge in [0.15, 0.2) is 23.0 Å². The molecule has 1 saturated heterocycles. The van der Waals surface area contributed by atoms with Crippen LogP contribution in [-0.2, 0) is 25.5 Å². The Morgan fingerprint density at radius 1 is 0.776 bits per heavy atom. The number of aromatic amines is 2. The van der Waals surface area contributed by atoms with Crippen LogP contribution in [0.1, 0.15) is 83.9 Å². The van der Waals surface area contributed by atoms with Crippen LogP contribution in [-0.4, -0.2) is 88.2 Å². The molecule has 0 unspecified atom stereocenters. The van der Waals surface area contributed by atoms with Gasteiger partial charge in [0.2, 0.25) is 11.8 Å². The summed E-state index contributed by atoms with van der Waals surface area (Å²) in [5, 5.41) is 8.19. The number of fused-ring (bicyclic) bond motifs is 2. The second-order valence-electron chi connectivity index (χ2n) is 15.3. The van der Waals surface area contributed by atoms with Gasteiger partial charge in [0.05, 0.1) is 44.0 Å². The molecule has 6 rings (SSSR count). The number of methoxy groups -OCH3 is 2. The van der Waals surface area contributed by atoms with Crippen molar-refractivity contribution in [1.82, 2.24) is 40.8 Å². The van der Waals surface area contributed by atoms with E-state index in [1.165, 1.54) is 14.2 Å². The number of benzene rings is 2. The van der Waals surface area contributed by atoms with Crippen LogP contribution in [0.25, 0.3) is 22.5 Å². The average molecular weight is 799 g/mol. The molecule has 2 aliphatic heterocycles. The van der Waals surface area contributed by atoms with Crippen LogP contribution in [0.15, 0.2) is 48.8 Å². The predicted molar refractivity (Wildman–Crippen MR) is 215 cm³/mol. The number of carbonyl (C=O) groups excluding carboxylic acids is 4. The van der Waals surface area contributed by atoms with Crippen molar-refractivity contribution in [2.24, 2.45) is 11.8 Å². The number of aromatic nitrogens is 4. The van der Waals surface area contributed by atoms with E-state index in [1.807, 2.05) is 75.2 Å². The number of amides is 4. The van der Waals surface area contributed by atoms with Gasteiger partial charge in [0, 0.05) is 30.6 Å². The molecular formula is C42H54N8O8. The lowest BCUT2D eigenvalue weighted by atomic mass is 9.97. The van der Waals surface area contributed by atoms with Crippen LogP contribution in [0.2, 0.25) is 0 Å². The summed E-state index contributed by atoms with van der Waals surface area (Å²) in [5.74, 6) is 3.30. The van der Waals surface area contributed by atoms with Gasteiger partial charge >= 0.3 is 12.2 Å². The van der Waals surface area contributed by atoms with Gasteiger partial charge in [0.1, 0.15) is 23.7 Å².